The molecule has 0 bridgehead atoms. The molecule has 1 heterocycles. The molecular weight excluding hydrogens is 254 g/mol. The molecule has 0 radical (unpaired) electrons. The molecule has 2 N–H and O–H groups in total. The highest BCUT2D eigenvalue weighted by atomic mass is 32.2. The molecule has 0 fully saturated rings. The number of hydrogen-bond donors (Lipinski definition) is 1. The number of nitrogens with zero attached hydrogens (tertiary/aromatic N) is 2. The van der Waals surface area contributed by atoms with Crippen molar-refractivity contribution in [3.8, 4) is 0 Å². The average molecular weight is 275 g/mol. The molecule has 1 unspecified atom stereocenters. The molecular formula is C15H21N3S. The maximum absolute atomic E-state index is 6.32. The number of aromatic nitrogens is 1. The number of thioether (sulfide) groups is 1. The minimum Gasteiger partial charge on any atom is -0.396 e. The molecule has 3 nitrogen and oxygen atoms in total. The second-order valence-electron chi connectivity index (χ2n) is 4.70. The molecule has 4 heteroatoms. The van der Waals surface area contributed by atoms with Crippen LogP contribution in [0.5, 0.6) is 0 Å². The Morgan fingerprint density at radius 2 is 2.16 bits per heavy atom. The van der Waals surface area contributed by atoms with E-state index >= 15 is 0 Å². The lowest BCUT2D eigenvalue weighted by Gasteiger charge is -2.30. The Balaban J connectivity index is 2.42. The van der Waals surface area contributed by atoms with Crippen molar-refractivity contribution in [2.45, 2.75) is 19.4 Å². The third-order valence-electron chi connectivity index (χ3n) is 3.56. The second-order valence-corrected chi connectivity index (χ2v) is 5.61. The predicted molar refractivity (Wildman–Crippen MR) is 87.0 cm³/mol. The van der Waals surface area contributed by atoms with Gasteiger partial charge in [-0.15, -0.1) is 0 Å². The first-order valence-electron chi connectivity index (χ1n) is 6.54. The van der Waals surface area contributed by atoms with Gasteiger partial charge in [0.05, 0.1) is 16.9 Å². The molecule has 1 aromatic carbocycles. The molecule has 102 valence electrons. The van der Waals surface area contributed by atoms with Crippen molar-refractivity contribution >= 4 is 34.0 Å². The van der Waals surface area contributed by atoms with Gasteiger partial charge >= 0.3 is 0 Å². The summed E-state index contributed by atoms with van der Waals surface area (Å²) in [6, 6.07) is 8.59. The molecule has 0 amide bonds. The number of benzene rings is 1. The number of fused-ring (bicyclic) bond motifs is 1. The minimum atomic E-state index is 0.506. The number of hydrogen-bond acceptors (Lipinski definition) is 4. The number of anilines is 2. The van der Waals surface area contributed by atoms with Crippen molar-refractivity contribution in [2.75, 3.05) is 29.7 Å². The van der Waals surface area contributed by atoms with Crippen molar-refractivity contribution in [1.82, 2.24) is 4.98 Å². The van der Waals surface area contributed by atoms with Crippen LogP contribution in [0.3, 0.4) is 0 Å². The van der Waals surface area contributed by atoms with Gasteiger partial charge in [-0.1, -0.05) is 6.92 Å². The summed E-state index contributed by atoms with van der Waals surface area (Å²) in [6.07, 6.45) is 5.06. The summed E-state index contributed by atoms with van der Waals surface area (Å²) in [6.45, 7) is 2.22. The van der Waals surface area contributed by atoms with Crippen LogP contribution in [0.25, 0.3) is 10.9 Å². The molecule has 1 aromatic heterocycles. The minimum absolute atomic E-state index is 0.506. The van der Waals surface area contributed by atoms with Crippen LogP contribution in [0.15, 0.2) is 30.5 Å². The van der Waals surface area contributed by atoms with Crippen LogP contribution in [0.4, 0.5) is 11.4 Å². The highest BCUT2D eigenvalue weighted by molar-refractivity contribution is 7.98. The van der Waals surface area contributed by atoms with E-state index in [-0.39, 0.29) is 0 Å². The average Bonchev–Trinajstić information content (AvgIpc) is 2.45. The molecule has 0 aliphatic rings. The Hall–Kier alpha value is -1.42. The first-order valence-corrected chi connectivity index (χ1v) is 7.93. The van der Waals surface area contributed by atoms with E-state index in [1.165, 1.54) is 0 Å². The Kier molecular flexibility index (Phi) is 4.53. The molecule has 0 spiro atoms. The maximum atomic E-state index is 6.32. The normalized spacial score (nSPS) is 12.6. The first-order chi connectivity index (χ1) is 9.19. The first kappa shape index (κ1) is 14.0. The summed E-state index contributed by atoms with van der Waals surface area (Å²) < 4.78 is 0. The van der Waals surface area contributed by atoms with Gasteiger partial charge in [-0.05, 0) is 36.9 Å². The number of pyridine rings is 1. The zero-order valence-corrected chi connectivity index (χ0v) is 12.6. The smallest absolute Gasteiger partial charge is 0.0724 e. The van der Waals surface area contributed by atoms with Crippen LogP contribution in [0.2, 0.25) is 0 Å². The molecule has 19 heavy (non-hydrogen) atoms. The van der Waals surface area contributed by atoms with Crippen molar-refractivity contribution in [2.24, 2.45) is 0 Å². The van der Waals surface area contributed by atoms with Gasteiger partial charge in [-0.3, -0.25) is 4.98 Å². The van der Waals surface area contributed by atoms with Crippen molar-refractivity contribution in [3.05, 3.63) is 30.5 Å². The number of nitrogen functional groups attached to an aromatic ring is 1. The molecule has 2 aromatic rings. The van der Waals surface area contributed by atoms with Gasteiger partial charge in [0.1, 0.15) is 0 Å². The van der Waals surface area contributed by atoms with Crippen molar-refractivity contribution in [1.29, 1.82) is 0 Å². The van der Waals surface area contributed by atoms with Gasteiger partial charge in [-0.2, -0.15) is 11.8 Å². The molecule has 0 aliphatic heterocycles. The van der Waals surface area contributed by atoms with Crippen molar-refractivity contribution < 1.29 is 0 Å². The van der Waals surface area contributed by atoms with E-state index in [0.717, 1.165) is 34.5 Å². The fourth-order valence-corrected chi connectivity index (χ4v) is 3.21. The Labute approximate surface area is 119 Å². The van der Waals surface area contributed by atoms with E-state index in [0.29, 0.717) is 6.04 Å². The maximum Gasteiger partial charge on any atom is 0.0724 e. The van der Waals surface area contributed by atoms with E-state index in [1.54, 1.807) is 6.20 Å². The lowest BCUT2D eigenvalue weighted by atomic mass is 10.1. The molecule has 2 rings (SSSR count). The number of nitrogens with two attached hydrogens (primary N) is 1. The Morgan fingerprint density at radius 3 is 2.84 bits per heavy atom. The zero-order valence-electron chi connectivity index (χ0n) is 11.8. The molecule has 0 saturated heterocycles. The fourth-order valence-electron chi connectivity index (χ4n) is 2.36. The largest absolute Gasteiger partial charge is 0.396 e. The van der Waals surface area contributed by atoms with E-state index in [4.69, 9.17) is 5.73 Å². The van der Waals surface area contributed by atoms with Crippen LogP contribution in [-0.4, -0.2) is 30.1 Å². The third kappa shape index (κ3) is 2.78. The summed E-state index contributed by atoms with van der Waals surface area (Å²) in [5.41, 5.74) is 9.20. The van der Waals surface area contributed by atoms with Crippen LogP contribution in [0.1, 0.15) is 13.3 Å². The summed E-state index contributed by atoms with van der Waals surface area (Å²) in [4.78, 5) is 6.63. The summed E-state index contributed by atoms with van der Waals surface area (Å²) >= 11 is 1.87. The monoisotopic (exact) mass is 275 g/mol. The van der Waals surface area contributed by atoms with Crippen LogP contribution in [-0.2, 0) is 0 Å². The van der Waals surface area contributed by atoms with Crippen LogP contribution < -0.4 is 10.6 Å². The summed E-state index contributed by atoms with van der Waals surface area (Å²) in [5, 5.41) is 1.03. The van der Waals surface area contributed by atoms with Gasteiger partial charge in [0.25, 0.3) is 0 Å². The predicted octanol–water partition coefficient (Wildman–Crippen LogP) is 3.39. The van der Waals surface area contributed by atoms with E-state index < -0.39 is 0 Å². The third-order valence-corrected chi connectivity index (χ3v) is 4.28. The summed E-state index contributed by atoms with van der Waals surface area (Å²) in [5.74, 6) is 1.11. The Bertz CT molecular complexity index is 556. The van der Waals surface area contributed by atoms with Gasteiger partial charge in [0, 0.05) is 30.4 Å². The SMILES string of the molecule is CCC(CSC)N(C)c1ccc2ncccc2c1N. The zero-order chi connectivity index (χ0) is 13.8. The standard InChI is InChI=1S/C15H21N3S/c1-4-11(10-19-3)18(2)14-8-7-13-12(15(14)16)6-5-9-17-13/h5-9,11H,4,10,16H2,1-3H3. The summed E-state index contributed by atoms with van der Waals surface area (Å²) in [7, 11) is 2.12. The molecule has 1 atom stereocenters. The van der Waals surface area contributed by atoms with Gasteiger partial charge < -0.3 is 10.6 Å². The molecule has 0 aliphatic carbocycles. The van der Waals surface area contributed by atoms with Crippen molar-refractivity contribution in [3.63, 3.8) is 0 Å². The van der Waals surface area contributed by atoms with Crippen LogP contribution in [0, 0.1) is 0 Å². The lowest BCUT2D eigenvalue weighted by molar-refractivity contribution is 0.674. The topological polar surface area (TPSA) is 42.2 Å². The van der Waals surface area contributed by atoms with Gasteiger partial charge in [0.15, 0.2) is 0 Å². The Morgan fingerprint density at radius 1 is 1.37 bits per heavy atom. The second kappa shape index (κ2) is 6.15. The quantitative estimate of drug-likeness (QED) is 0.849. The van der Waals surface area contributed by atoms with E-state index in [2.05, 4.69) is 36.2 Å². The highest BCUT2D eigenvalue weighted by Gasteiger charge is 2.16. The van der Waals surface area contributed by atoms with E-state index in [9.17, 15) is 0 Å². The number of rotatable bonds is 5. The van der Waals surface area contributed by atoms with Gasteiger partial charge in [-0.25, -0.2) is 0 Å². The fraction of sp³-hybridized carbons (Fsp3) is 0.400. The lowest BCUT2D eigenvalue weighted by Crippen LogP contribution is -2.33. The highest BCUT2D eigenvalue weighted by Crippen LogP contribution is 2.31. The molecule has 0 saturated carbocycles. The van der Waals surface area contributed by atoms with E-state index in [1.807, 2.05) is 30.0 Å². The van der Waals surface area contributed by atoms with Crippen LogP contribution >= 0.6 is 11.8 Å². The van der Waals surface area contributed by atoms with Gasteiger partial charge in [0.2, 0.25) is 0 Å².